The predicted octanol–water partition coefficient (Wildman–Crippen LogP) is 5.93. The number of aliphatic hydroxyl groups is 1. The molecule has 3 aromatic carbocycles. The quantitative estimate of drug-likeness (QED) is 0.181. The van der Waals surface area contributed by atoms with Gasteiger partial charge < -0.3 is 20.2 Å². The number of aliphatic hydroxyl groups excluding tert-OH is 1. The Kier molecular flexibility index (Phi) is 10.5. The van der Waals surface area contributed by atoms with E-state index < -0.39 is 30.0 Å². The summed E-state index contributed by atoms with van der Waals surface area (Å²) in [7, 11) is 0. The van der Waals surface area contributed by atoms with Crippen molar-refractivity contribution in [2.75, 3.05) is 31.1 Å². The number of aromatic nitrogens is 2. The van der Waals surface area contributed by atoms with Gasteiger partial charge in [0.05, 0.1) is 34.0 Å². The molecule has 58 heavy (non-hydrogen) atoms. The van der Waals surface area contributed by atoms with E-state index >= 15 is 0 Å². The molecule has 12 heteroatoms. The van der Waals surface area contributed by atoms with Crippen molar-refractivity contribution in [1.82, 2.24) is 24.9 Å². The first-order valence-electron chi connectivity index (χ1n) is 20.6. The topological polar surface area (TPSA) is 135 Å². The van der Waals surface area contributed by atoms with Gasteiger partial charge in [0, 0.05) is 53.1 Å². The van der Waals surface area contributed by atoms with E-state index in [1.165, 1.54) is 16.8 Å². The molecule has 2 unspecified atom stereocenters. The number of halogens is 1. The number of benzene rings is 3. The van der Waals surface area contributed by atoms with Crippen molar-refractivity contribution >= 4 is 35.0 Å². The minimum absolute atomic E-state index is 0.244. The molecule has 5 heterocycles. The summed E-state index contributed by atoms with van der Waals surface area (Å²) in [6, 6.07) is 21.3. The SMILES string of the molecule is N#Cc1ccc(-c2nn(Cc3ccc(C#CC4CCN(C5CCN(c6ccc7c(c6)C(=O)N(C6CCC(O)NC6=O)C7=O)CC5)CC4)cc3)c3c2CCCC3)cc1Cl. The van der Waals surface area contributed by atoms with Crippen molar-refractivity contribution in [3.8, 4) is 29.2 Å². The van der Waals surface area contributed by atoms with Crippen molar-refractivity contribution in [1.29, 1.82) is 5.26 Å². The molecule has 0 saturated carbocycles. The first kappa shape index (κ1) is 38.1. The van der Waals surface area contributed by atoms with Crippen molar-refractivity contribution in [3.63, 3.8) is 0 Å². The van der Waals surface area contributed by atoms with Gasteiger partial charge in [-0.1, -0.05) is 41.6 Å². The molecule has 0 radical (unpaired) electrons. The maximum atomic E-state index is 13.4. The van der Waals surface area contributed by atoms with Gasteiger partial charge in [-0.2, -0.15) is 10.4 Å². The summed E-state index contributed by atoms with van der Waals surface area (Å²) in [4.78, 5) is 45.0. The van der Waals surface area contributed by atoms with Crippen LogP contribution in [-0.4, -0.2) is 86.9 Å². The lowest BCUT2D eigenvalue weighted by Gasteiger charge is -2.42. The smallest absolute Gasteiger partial charge is 0.262 e. The van der Waals surface area contributed by atoms with Gasteiger partial charge in [0.25, 0.3) is 11.8 Å². The third-order valence-electron chi connectivity index (χ3n) is 12.7. The Labute approximate surface area is 343 Å². The van der Waals surface area contributed by atoms with E-state index in [9.17, 15) is 24.8 Å². The molecule has 0 bridgehead atoms. The van der Waals surface area contributed by atoms with Crippen LogP contribution in [0.2, 0.25) is 5.02 Å². The first-order valence-corrected chi connectivity index (χ1v) is 21.0. The molecule has 5 aliphatic rings. The molecule has 3 fully saturated rings. The Hall–Kier alpha value is -5.46. The van der Waals surface area contributed by atoms with Crippen LogP contribution in [0.3, 0.4) is 0 Å². The highest BCUT2D eigenvalue weighted by Crippen LogP contribution is 2.35. The van der Waals surface area contributed by atoms with E-state index in [1.54, 1.807) is 18.2 Å². The molecule has 4 aromatic rings. The lowest BCUT2D eigenvalue weighted by Crippen LogP contribution is -2.55. The van der Waals surface area contributed by atoms with Crippen molar-refractivity contribution in [2.24, 2.45) is 5.92 Å². The first-order chi connectivity index (χ1) is 28.2. The Balaban J connectivity index is 0.766. The average molecular weight is 796 g/mol. The van der Waals surface area contributed by atoms with Crippen LogP contribution in [0.4, 0.5) is 5.69 Å². The van der Waals surface area contributed by atoms with E-state index in [4.69, 9.17) is 16.7 Å². The highest BCUT2D eigenvalue weighted by molar-refractivity contribution is 6.32. The molecule has 3 amide bonds. The van der Waals surface area contributed by atoms with E-state index in [2.05, 4.69) is 62.0 Å². The second kappa shape index (κ2) is 16.1. The number of nitrogens with one attached hydrogen (secondary N) is 1. The normalized spacial score (nSPS) is 21.6. The predicted molar refractivity (Wildman–Crippen MR) is 220 cm³/mol. The fourth-order valence-corrected chi connectivity index (χ4v) is 9.71. The number of carbonyl (C=O) groups excluding carboxylic acids is 3. The fraction of sp³-hybridized carbons (Fsp3) is 0.413. The molecule has 2 N–H and O–H groups in total. The van der Waals surface area contributed by atoms with Crippen LogP contribution in [0.25, 0.3) is 11.3 Å². The highest BCUT2D eigenvalue weighted by Gasteiger charge is 2.45. The van der Waals surface area contributed by atoms with Crippen molar-refractivity contribution < 1.29 is 19.5 Å². The summed E-state index contributed by atoms with van der Waals surface area (Å²) < 4.78 is 2.15. The van der Waals surface area contributed by atoms with Crippen LogP contribution >= 0.6 is 11.6 Å². The number of likely N-dealkylation sites (tertiary alicyclic amines) is 1. The van der Waals surface area contributed by atoms with Gasteiger partial charge in [-0.15, -0.1) is 0 Å². The number of fused-ring (bicyclic) bond motifs is 2. The molecule has 4 aliphatic heterocycles. The molecule has 9 rings (SSSR count). The summed E-state index contributed by atoms with van der Waals surface area (Å²) in [5.74, 6) is 6.00. The van der Waals surface area contributed by atoms with Gasteiger partial charge in [0.2, 0.25) is 5.91 Å². The maximum Gasteiger partial charge on any atom is 0.262 e. The number of hydrogen-bond acceptors (Lipinski definition) is 8. The Morgan fingerprint density at radius 2 is 1.60 bits per heavy atom. The summed E-state index contributed by atoms with van der Waals surface area (Å²) in [6.45, 7) is 4.49. The standard InChI is InChI=1S/C46H46ClN7O4/c47-39-25-32(11-12-33(39)27-48)43-37-3-1-2-4-40(37)53(50-43)28-31-9-7-29(8-10-31)5-6-30-17-21-51(22-18-30)34-19-23-52(24-20-34)35-13-14-36-38(26-35)46(58)54(45(36)57)41-15-16-42(55)49-44(41)56/h7-14,25-26,30,34,41-42,55H,1-4,15-24,28H2,(H,49,56). The lowest BCUT2D eigenvalue weighted by molar-refractivity contribution is -0.131. The molecular formula is C46H46ClN7O4. The minimum atomic E-state index is -0.950. The third kappa shape index (κ3) is 7.39. The van der Waals surface area contributed by atoms with E-state index in [0.29, 0.717) is 46.6 Å². The molecule has 0 spiro atoms. The number of rotatable bonds is 6. The summed E-state index contributed by atoms with van der Waals surface area (Å²) in [5.41, 5.74) is 8.80. The second-order valence-corrected chi connectivity index (χ2v) is 16.7. The molecule has 1 aliphatic carbocycles. The van der Waals surface area contributed by atoms with Crippen LogP contribution in [-0.2, 0) is 24.2 Å². The Bertz CT molecular complexity index is 2370. The summed E-state index contributed by atoms with van der Waals surface area (Å²) in [5, 5.41) is 27.1. The fourth-order valence-electron chi connectivity index (χ4n) is 9.49. The van der Waals surface area contributed by atoms with Crippen LogP contribution in [0, 0.1) is 29.1 Å². The number of nitriles is 1. The van der Waals surface area contributed by atoms with Crippen LogP contribution in [0.5, 0.6) is 0 Å². The monoisotopic (exact) mass is 795 g/mol. The Morgan fingerprint density at radius 1 is 0.845 bits per heavy atom. The highest BCUT2D eigenvalue weighted by atomic mass is 35.5. The number of amides is 3. The van der Waals surface area contributed by atoms with Gasteiger partial charge in [-0.05, 0) is 125 Å². The summed E-state index contributed by atoms with van der Waals surface area (Å²) >= 11 is 6.39. The third-order valence-corrected chi connectivity index (χ3v) is 13.1. The number of imide groups is 1. The van der Waals surface area contributed by atoms with Gasteiger partial charge in [-0.25, -0.2) is 0 Å². The zero-order chi connectivity index (χ0) is 39.9. The van der Waals surface area contributed by atoms with E-state index in [-0.39, 0.29) is 6.42 Å². The lowest BCUT2D eigenvalue weighted by atomic mass is 9.93. The molecular weight excluding hydrogens is 750 g/mol. The number of carbonyl (C=O) groups is 3. The van der Waals surface area contributed by atoms with Crippen molar-refractivity contribution in [3.05, 3.63) is 105 Å². The van der Waals surface area contributed by atoms with Gasteiger partial charge in [-0.3, -0.25) is 24.0 Å². The van der Waals surface area contributed by atoms with E-state index in [0.717, 1.165) is 105 Å². The summed E-state index contributed by atoms with van der Waals surface area (Å²) in [6.07, 6.45) is 8.05. The van der Waals surface area contributed by atoms with Crippen LogP contribution < -0.4 is 10.2 Å². The number of nitrogens with zero attached hydrogens (tertiary/aromatic N) is 6. The number of hydrogen-bond donors (Lipinski definition) is 2. The molecule has 296 valence electrons. The molecule has 2 atom stereocenters. The van der Waals surface area contributed by atoms with Crippen LogP contribution in [0.1, 0.15) is 100 Å². The number of anilines is 1. The van der Waals surface area contributed by atoms with Gasteiger partial charge in [0.1, 0.15) is 18.3 Å². The zero-order valence-corrected chi connectivity index (χ0v) is 33.2. The van der Waals surface area contributed by atoms with Gasteiger partial charge >= 0.3 is 0 Å². The van der Waals surface area contributed by atoms with Gasteiger partial charge in [0.15, 0.2) is 0 Å². The largest absolute Gasteiger partial charge is 0.374 e. The average Bonchev–Trinajstić information content (AvgIpc) is 3.73. The molecule has 11 nitrogen and oxygen atoms in total. The van der Waals surface area contributed by atoms with Crippen LogP contribution in [0.15, 0.2) is 60.7 Å². The Morgan fingerprint density at radius 3 is 2.34 bits per heavy atom. The minimum Gasteiger partial charge on any atom is -0.374 e. The maximum absolute atomic E-state index is 13.4. The molecule has 1 aromatic heterocycles. The van der Waals surface area contributed by atoms with E-state index in [1.807, 2.05) is 18.2 Å². The van der Waals surface area contributed by atoms with Crippen molar-refractivity contribution in [2.45, 2.75) is 89.1 Å². The zero-order valence-electron chi connectivity index (χ0n) is 32.4. The second-order valence-electron chi connectivity index (χ2n) is 16.3. The molecule has 3 saturated heterocycles. The number of piperidine rings is 3.